The number of rotatable bonds is 10. The van der Waals surface area contributed by atoms with E-state index in [1.54, 1.807) is 32.4 Å². The molecule has 0 aromatic heterocycles. The number of carbonyl (C=O) groups is 1. The molecule has 0 spiro atoms. The predicted molar refractivity (Wildman–Crippen MR) is 145 cm³/mol. The number of methoxy groups -OCH3 is 2. The standard InChI is InChI=1S/C31H37FN2O3/c1-22(2)17-34(31(35)27-10-6-7-11-29(27)32)20-25-19-33(18-24-9-5-8-12-30(24)37-4)21-28(25)23-13-15-26(36-3)16-14-23/h5-16,22,25,28H,17-21H2,1-4H3. The number of halogens is 1. The Morgan fingerprint density at radius 2 is 1.68 bits per heavy atom. The monoisotopic (exact) mass is 504 g/mol. The maximum atomic E-state index is 14.6. The molecule has 1 heterocycles. The average Bonchev–Trinajstić information content (AvgIpc) is 3.30. The van der Waals surface area contributed by atoms with Gasteiger partial charge in [-0.2, -0.15) is 0 Å². The van der Waals surface area contributed by atoms with Crippen molar-refractivity contribution in [3.63, 3.8) is 0 Å². The van der Waals surface area contributed by atoms with Crippen molar-refractivity contribution in [1.82, 2.24) is 9.80 Å². The topological polar surface area (TPSA) is 42.0 Å². The molecule has 5 nitrogen and oxygen atoms in total. The Labute approximate surface area is 219 Å². The fraction of sp³-hybridized carbons (Fsp3) is 0.387. The highest BCUT2D eigenvalue weighted by atomic mass is 19.1. The molecule has 0 bridgehead atoms. The molecule has 4 rings (SSSR count). The summed E-state index contributed by atoms with van der Waals surface area (Å²) in [5.74, 6) is 1.66. The van der Waals surface area contributed by atoms with Crippen molar-refractivity contribution < 1.29 is 18.7 Å². The Morgan fingerprint density at radius 3 is 2.35 bits per heavy atom. The van der Waals surface area contributed by atoms with E-state index < -0.39 is 5.82 Å². The lowest BCUT2D eigenvalue weighted by Crippen LogP contribution is -2.40. The van der Waals surface area contributed by atoms with E-state index in [1.807, 2.05) is 35.2 Å². The van der Waals surface area contributed by atoms with Crippen LogP contribution < -0.4 is 9.47 Å². The molecular formula is C31H37FN2O3. The van der Waals surface area contributed by atoms with Crippen LogP contribution >= 0.6 is 0 Å². The Morgan fingerprint density at radius 1 is 0.973 bits per heavy atom. The predicted octanol–water partition coefficient (Wildman–Crippen LogP) is 5.86. The first-order valence-corrected chi connectivity index (χ1v) is 12.9. The minimum absolute atomic E-state index is 0.132. The van der Waals surface area contributed by atoms with Gasteiger partial charge in [0.25, 0.3) is 5.91 Å². The summed E-state index contributed by atoms with van der Waals surface area (Å²) in [6.07, 6.45) is 0. The zero-order valence-electron chi connectivity index (χ0n) is 22.2. The highest BCUT2D eigenvalue weighted by Crippen LogP contribution is 2.36. The molecule has 2 atom stereocenters. The maximum Gasteiger partial charge on any atom is 0.256 e. The number of amides is 1. The molecule has 2 unspecified atom stereocenters. The minimum Gasteiger partial charge on any atom is -0.497 e. The second kappa shape index (κ2) is 12.2. The van der Waals surface area contributed by atoms with E-state index >= 15 is 0 Å². The SMILES string of the molecule is COc1ccc(C2CN(Cc3ccccc3OC)CC2CN(CC(C)C)C(=O)c2ccccc2F)cc1. The van der Waals surface area contributed by atoms with E-state index in [4.69, 9.17) is 9.47 Å². The number of ether oxygens (including phenoxy) is 2. The quantitative estimate of drug-likeness (QED) is 0.347. The lowest BCUT2D eigenvalue weighted by atomic mass is 9.88. The summed E-state index contributed by atoms with van der Waals surface area (Å²) in [5.41, 5.74) is 2.49. The Hall–Kier alpha value is -3.38. The van der Waals surface area contributed by atoms with Crippen LogP contribution in [0.1, 0.15) is 41.3 Å². The number of benzene rings is 3. The molecule has 3 aromatic carbocycles. The molecule has 1 fully saturated rings. The molecule has 0 N–H and O–H groups in total. The zero-order valence-corrected chi connectivity index (χ0v) is 22.2. The van der Waals surface area contributed by atoms with Crippen molar-refractivity contribution in [2.75, 3.05) is 40.4 Å². The van der Waals surface area contributed by atoms with Gasteiger partial charge in [0.05, 0.1) is 19.8 Å². The molecule has 196 valence electrons. The van der Waals surface area contributed by atoms with Gasteiger partial charge in [-0.3, -0.25) is 9.69 Å². The van der Waals surface area contributed by atoms with Crippen LogP contribution in [0.2, 0.25) is 0 Å². The summed E-state index contributed by atoms with van der Waals surface area (Å²) in [6.45, 7) is 7.76. The number of carbonyl (C=O) groups excluding carboxylic acids is 1. The van der Waals surface area contributed by atoms with Gasteiger partial charge < -0.3 is 14.4 Å². The number of hydrogen-bond donors (Lipinski definition) is 0. The maximum absolute atomic E-state index is 14.6. The van der Waals surface area contributed by atoms with Gasteiger partial charge in [-0.25, -0.2) is 4.39 Å². The molecule has 1 aliphatic heterocycles. The van der Waals surface area contributed by atoms with Crippen LogP contribution in [0, 0.1) is 17.7 Å². The molecule has 37 heavy (non-hydrogen) atoms. The summed E-state index contributed by atoms with van der Waals surface area (Å²) >= 11 is 0. The number of para-hydroxylation sites is 1. The van der Waals surface area contributed by atoms with E-state index in [0.717, 1.165) is 36.7 Å². The van der Waals surface area contributed by atoms with Crippen LogP contribution in [-0.2, 0) is 6.54 Å². The van der Waals surface area contributed by atoms with Gasteiger partial charge in [0, 0.05) is 44.2 Å². The minimum atomic E-state index is -0.475. The molecule has 0 saturated carbocycles. The van der Waals surface area contributed by atoms with Gasteiger partial charge in [-0.05, 0) is 47.7 Å². The first kappa shape index (κ1) is 26.7. The van der Waals surface area contributed by atoms with E-state index in [2.05, 4.69) is 36.9 Å². The van der Waals surface area contributed by atoms with Gasteiger partial charge in [-0.1, -0.05) is 56.3 Å². The summed E-state index contributed by atoms with van der Waals surface area (Å²) in [5, 5.41) is 0. The zero-order chi connectivity index (χ0) is 26.4. The van der Waals surface area contributed by atoms with Crippen LogP contribution in [0.5, 0.6) is 11.5 Å². The Kier molecular flexibility index (Phi) is 8.82. The van der Waals surface area contributed by atoms with Crippen molar-refractivity contribution in [3.05, 3.63) is 95.3 Å². The fourth-order valence-corrected chi connectivity index (χ4v) is 5.35. The van der Waals surface area contributed by atoms with Crippen molar-refractivity contribution >= 4 is 5.91 Å². The van der Waals surface area contributed by atoms with Crippen LogP contribution in [0.3, 0.4) is 0 Å². The molecule has 1 saturated heterocycles. The number of likely N-dealkylation sites (tertiary alicyclic amines) is 1. The Balaban J connectivity index is 1.61. The highest BCUT2D eigenvalue weighted by Gasteiger charge is 2.36. The van der Waals surface area contributed by atoms with E-state index in [1.165, 1.54) is 11.6 Å². The molecule has 3 aromatic rings. The van der Waals surface area contributed by atoms with E-state index in [0.29, 0.717) is 13.1 Å². The average molecular weight is 505 g/mol. The fourth-order valence-electron chi connectivity index (χ4n) is 5.35. The smallest absolute Gasteiger partial charge is 0.256 e. The third-order valence-corrected chi connectivity index (χ3v) is 7.08. The molecular weight excluding hydrogens is 467 g/mol. The first-order chi connectivity index (χ1) is 17.9. The number of hydrogen-bond acceptors (Lipinski definition) is 4. The normalized spacial score (nSPS) is 17.7. The molecule has 6 heteroatoms. The molecule has 0 radical (unpaired) electrons. The van der Waals surface area contributed by atoms with E-state index in [-0.39, 0.29) is 29.2 Å². The lowest BCUT2D eigenvalue weighted by Gasteiger charge is -2.30. The van der Waals surface area contributed by atoms with Gasteiger partial charge in [0.15, 0.2) is 0 Å². The highest BCUT2D eigenvalue weighted by molar-refractivity contribution is 5.94. The van der Waals surface area contributed by atoms with E-state index in [9.17, 15) is 9.18 Å². The van der Waals surface area contributed by atoms with Crippen molar-refractivity contribution in [2.24, 2.45) is 11.8 Å². The van der Waals surface area contributed by atoms with Crippen molar-refractivity contribution in [3.8, 4) is 11.5 Å². The lowest BCUT2D eigenvalue weighted by molar-refractivity contribution is 0.0698. The van der Waals surface area contributed by atoms with Crippen molar-refractivity contribution in [1.29, 1.82) is 0 Å². The van der Waals surface area contributed by atoms with Crippen LogP contribution in [0.25, 0.3) is 0 Å². The Bertz CT molecular complexity index is 1180. The summed E-state index contributed by atoms with van der Waals surface area (Å²) in [4.78, 5) is 17.8. The second-order valence-electron chi connectivity index (χ2n) is 10.2. The van der Waals surface area contributed by atoms with Gasteiger partial charge in [0.1, 0.15) is 17.3 Å². The summed E-state index contributed by atoms with van der Waals surface area (Å²) < 4.78 is 25.5. The largest absolute Gasteiger partial charge is 0.497 e. The van der Waals surface area contributed by atoms with Gasteiger partial charge in [0.2, 0.25) is 0 Å². The molecule has 1 amide bonds. The van der Waals surface area contributed by atoms with Gasteiger partial charge in [-0.15, -0.1) is 0 Å². The third-order valence-electron chi connectivity index (χ3n) is 7.08. The van der Waals surface area contributed by atoms with Crippen LogP contribution in [0.4, 0.5) is 4.39 Å². The molecule has 0 aliphatic carbocycles. The van der Waals surface area contributed by atoms with Gasteiger partial charge >= 0.3 is 0 Å². The number of nitrogens with zero attached hydrogens (tertiary/aromatic N) is 2. The summed E-state index contributed by atoms with van der Waals surface area (Å²) in [6, 6.07) is 22.6. The summed E-state index contributed by atoms with van der Waals surface area (Å²) in [7, 11) is 3.37. The molecule has 1 aliphatic rings. The van der Waals surface area contributed by atoms with Crippen LogP contribution in [-0.4, -0.2) is 56.1 Å². The van der Waals surface area contributed by atoms with Crippen molar-refractivity contribution in [2.45, 2.75) is 26.3 Å². The van der Waals surface area contributed by atoms with Crippen LogP contribution in [0.15, 0.2) is 72.8 Å². The second-order valence-corrected chi connectivity index (χ2v) is 10.2. The first-order valence-electron chi connectivity index (χ1n) is 12.9. The third kappa shape index (κ3) is 6.50.